The Kier molecular flexibility index (Phi) is 7.79. The molecule has 2 aromatic heterocycles. The van der Waals surface area contributed by atoms with Gasteiger partial charge in [-0.05, 0) is 61.2 Å². The van der Waals surface area contributed by atoms with Gasteiger partial charge in [0.2, 0.25) is 0 Å². The summed E-state index contributed by atoms with van der Waals surface area (Å²) in [7, 11) is 0. The molecule has 0 aliphatic rings. The highest BCUT2D eigenvalue weighted by atomic mass is 19.1. The van der Waals surface area contributed by atoms with Crippen LogP contribution in [0.1, 0.15) is 34.4 Å². The van der Waals surface area contributed by atoms with Crippen LogP contribution in [0.25, 0.3) is 5.69 Å². The van der Waals surface area contributed by atoms with E-state index in [0.29, 0.717) is 24.3 Å². The van der Waals surface area contributed by atoms with E-state index in [2.05, 4.69) is 16.5 Å². The van der Waals surface area contributed by atoms with Crippen LogP contribution in [0.2, 0.25) is 0 Å². The van der Waals surface area contributed by atoms with Crippen molar-refractivity contribution in [3.63, 3.8) is 0 Å². The van der Waals surface area contributed by atoms with Gasteiger partial charge in [-0.2, -0.15) is 10.4 Å². The molecule has 2 heterocycles. The molecular weight excluding hydrogens is 473 g/mol. The molecule has 0 aliphatic carbocycles. The fraction of sp³-hybridized carbons (Fsp3) is 0.214. The Morgan fingerprint density at radius 3 is 2.51 bits per heavy atom. The summed E-state index contributed by atoms with van der Waals surface area (Å²) in [6.45, 7) is 3.49. The van der Waals surface area contributed by atoms with Gasteiger partial charge in [0.1, 0.15) is 17.7 Å². The lowest BCUT2D eigenvalue weighted by Gasteiger charge is -2.13. The Balaban J connectivity index is 1.34. The second-order valence-electron chi connectivity index (χ2n) is 8.60. The first-order chi connectivity index (χ1) is 17.9. The van der Waals surface area contributed by atoms with Crippen LogP contribution >= 0.6 is 0 Å². The molecule has 8 nitrogen and oxygen atoms in total. The van der Waals surface area contributed by atoms with Gasteiger partial charge in [-0.15, -0.1) is 0 Å². The van der Waals surface area contributed by atoms with E-state index in [1.165, 1.54) is 12.1 Å². The van der Waals surface area contributed by atoms with E-state index in [9.17, 15) is 19.2 Å². The number of nitriles is 1. The average molecular weight is 500 g/mol. The summed E-state index contributed by atoms with van der Waals surface area (Å²) in [6.07, 6.45) is 4.05. The van der Waals surface area contributed by atoms with Crippen LogP contribution in [0, 0.1) is 31.0 Å². The smallest absolute Gasteiger partial charge is 0.306 e. The number of carbonyl (C=O) groups is 2. The minimum absolute atomic E-state index is 0.0936. The molecule has 4 rings (SSSR count). The molecule has 37 heavy (non-hydrogen) atoms. The predicted octanol–water partition coefficient (Wildman–Crippen LogP) is 4.46. The van der Waals surface area contributed by atoms with Crippen LogP contribution < -0.4 is 5.32 Å². The SMILES string of the molecule is Cc1c(C#N)c(NC(=O)COC(=O)CCc2cnn(-c3ccccc3)c2)n(Cc2ccc(F)cc2)c1C. The molecule has 1 amide bonds. The van der Waals surface area contributed by atoms with Gasteiger partial charge in [0.25, 0.3) is 5.91 Å². The van der Waals surface area contributed by atoms with E-state index in [1.807, 2.05) is 43.5 Å². The number of rotatable bonds is 9. The number of aromatic nitrogens is 3. The zero-order valence-corrected chi connectivity index (χ0v) is 20.6. The molecule has 0 aliphatic heterocycles. The third-order valence-electron chi connectivity index (χ3n) is 6.09. The van der Waals surface area contributed by atoms with Crippen LogP contribution in [-0.2, 0) is 27.3 Å². The predicted molar refractivity (Wildman–Crippen MR) is 136 cm³/mol. The van der Waals surface area contributed by atoms with E-state index in [0.717, 1.165) is 28.1 Å². The van der Waals surface area contributed by atoms with Gasteiger partial charge in [0.15, 0.2) is 6.61 Å². The number of nitrogens with zero attached hydrogens (tertiary/aromatic N) is 4. The van der Waals surface area contributed by atoms with Crippen molar-refractivity contribution in [2.45, 2.75) is 33.2 Å². The highest BCUT2D eigenvalue weighted by molar-refractivity contribution is 5.93. The minimum atomic E-state index is -0.556. The van der Waals surface area contributed by atoms with E-state index < -0.39 is 18.5 Å². The standard InChI is InChI=1S/C28H26FN5O3/c1-19-20(2)33(16-21-8-11-23(29)12-9-21)28(25(19)14-30)32-26(35)18-37-27(36)13-10-22-15-31-34(17-22)24-6-4-3-5-7-24/h3-9,11-12,15,17H,10,13,16,18H2,1-2H3,(H,32,35). The minimum Gasteiger partial charge on any atom is -0.456 e. The molecule has 0 spiro atoms. The van der Waals surface area contributed by atoms with Crippen molar-refractivity contribution in [2.24, 2.45) is 0 Å². The summed E-state index contributed by atoms with van der Waals surface area (Å²) in [6, 6.07) is 17.8. The summed E-state index contributed by atoms with van der Waals surface area (Å²) in [5.41, 5.74) is 4.45. The molecular formula is C28H26FN5O3. The number of amides is 1. The van der Waals surface area contributed by atoms with Crippen molar-refractivity contribution in [1.29, 1.82) is 5.26 Å². The number of hydrogen-bond donors (Lipinski definition) is 1. The lowest BCUT2D eigenvalue weighted by Crippen LogP contribution is -2.23. The number of hydrogen-bond acceptors (Lipinski definition) is 5. The first kappa shape index (κ1) is 25.4. The van der Waals surface area contributed by atoms with E-state index in [1.54, 1.807) is 34.5 Å². The molecule has 188 valence electrons. The fourth-order valence-corrected chi connectivity index (χ4v) is 3.94. The Labute approximate surface area is 213 Å². The summed E-state index contributed by atoms with van der Waals surface area (Å²) < 4.78 is 22.0. The maximum atomic E-state index is 13.3. The number of ether oxygens (including phenoxy) is 1. The van der Waals surface area contributed by atoms with Gasteiger partial charge in [0.05, 0.1) is 17.4 Å². The quantitative estimate of drug-likeness (QED) is 0.343. The molecule has 0 saturated heterocycles. The molecule has 9 heteroatoms. The number of nitrogens with one attached hydrogen (secondary N) is 1. The monoisotopic (exact) mass is 499 g/mol. The summed E-state index contributed by atoms with van der Waals surface area (Å²) in [5, 5.41) is 16.7. The van der Waals surface area contributed by atoms with Crippen LogP contribution in [0.3, 0.4) is 0 Å². The Bertz CT molecular complexity index is 1450. The van der Waals surface area contributed by atoms with Crippen LogP contribution in [-0.4, -0.2) is 32.8 Å². The van der Waals surface area contributed by atoms with Crippen LogP contribution in [0.5, 0.6) is 0 Å². The molecule has 4 aromatic rings. The van der Waals surface area contributed by atoms with E-state index in [4.69, 9.17) is 4.74 Å². The van der Waals surface area contributed by atoms with Crippen molar-refractivity contribution in [3.8, 4) is 11.8 Å². The van der Waals surface area contributed by atoms with Gasteiger partial charge in [-0.1, -0.05) is 30.3 Å². The third kappa shape index (κ3) is 6.11. The average Bonchev–Trinajstić information content (AvgIpc) is 3.47. The molecule has 0 atom stereocenters. The number of esters is 1. The summed E-state index contributed by atoms with van der Waals surface area (Å²) in [5.74, 6) is -1.10. The van der Waals surface area contributed by atoms with Crippen molar-refractivity contribution < 1.29 is 18.7 Å². The summed E-state index contributed by atoms with van der Waals surface area (Å²) in [4.78, 5) is 24.9. The number of carbonyl (C=O) groups excluding carboxylic acids is 2. The van der Waals surface area contributed by atoms with Crippen LogP contribution in [0.4, 0.5) is 10.2 Å². The first-order valence-electron chi connectivity index (χ1n) is 11.7. The third-order valence-corrected chi connectivity index (χ3v) is 6.09. The summed E-state index contributed by atoms with van der Waals surface area (Å²) >= 11 is 0. The lowest BCUT2D eigenvalue weighted by atomic mass is 10.2. The second kappa shape index (κ2) is 11.4. The molecule has 0 radical (unpaired) electrons. The van der Waals surface area contributed by atoms with Gasteiger partial charge in [-0.25, -0.2) is 9.07 Å². The highest BCUT2D eigenvalue weighted by Crippen LogP contribution is 2.27. The second-order valence-corrected chi connectivity index (χ2v) is 8.60. The van der Waals surface area contributed by atoms with Gasteiger partial charge < -0.3 is 14.6 Å². The Hall–Kier alpha value is -4.71. The zero-order valence-electron chi connectivity index (χ0n) is 20.6. The molecule has 0 unspecified atom stereocenters. The maximum absolute atomic E-state index is 13.3. The molecule has 0 saturated carbocycles. The van der Waals surface area contributed by atoms with Gasteiger partial charge >= 0.3 is 5.97 Å². The van der Waals surface area contributed by atoms with Crippen molar-refractivity contribution in [3.05, 3.63) is 101 Å². The highest BCUT2D eigenvalue weighted by Gasteiger charge is 2.20. The lowest BCUT2D eigenvalue weighted by molar-refractivity contribution is -0.147. The Morgan fingerprint density at radius 1 is 1.08 bits per heavy atom. The van der Waals surface area contributed by atoms with E-state index in [-0.39, 0.29) is 12.2 Å². The Morgan fingerprint density at radius 2 is 1.81 bits per heavy atom. The normalized spacial score (nSPS) is 10.6. The molecule has 2 aromatic carbocycles. The molecule has 1 N–H and O–H groups in total. The van der Waals surface area contributed by atoms with Crippen LogP contribution in [0.15, 0.2) is 67.0 Å². The number of benzene rings is 2. The van der Waals surface area contributed by atoms with Crippen molar-refractivity contribution >= 4 is 17.7 Å². The largest absolute Gasteiger partial charge is 0.456 e. The van der Waals surface area contributed by atoms with Gasteiger partial charge in [-0.3, -0.25) is 9.59 Å². The van der Waals surface area contributed by atoms with Gasteiger partial charge in [0, 0.05) is 24.9 Å². The molecule has 0 bridgehead atoms. The number of aryl methyl sites for hydroxylation is 1. The van der Waals surface area contributed by atoms with E-state index >= 15 is 0 Å². The van der Waals surface area contributed by atoms with Crippen molar-refractivity contribution in [2.75, 3.05) is 11.9 Å². The zero-order chi connectivity index (χ0) is 26.4. The van der Waals surface area contributed by atoms with Crippen molar-refractivity contribution in [1.82, 2.24) is 14.3 Å². The number of para-hydroxylation sites is 1. The fourth-order valence-electron chi connectivity index (χ4n) is 3.94. The maximum Gasteiger partial charge on any atom is 0.306 e. The number of anilines is 1. The topological polar surface area (TPSA) is 102 Å². The molecule has 0 fully saturated rings. The number of halogens is 1. The first-order valence-corrected chi connectivity index (χ1v) is 11.7.